The second-order valence-corrected chi connectivity index (χ2v) is 4.28. The molecule has 90 valence electrons. The molecule has 0 unspecified atom stereocenters. The van der Waals surface area contributed by atoms with Gasteiger partial charge >= 0.3 is 5.97 Å². The molecule has 16 heavy (non-hydrogen) atoms. The van der Waals surface area contributed by atoms with Gasteiger partial charge in [0.25, 0.3) is 10.1 Å². The topological polar surface area (TPSA) is 138 Å². The largest absolute Gasteiger partial charge is 0.507 e. The highest BCUT2D eigenvalue weighted by atomic mass is 32.2. The molecule has 0 fully saturated rings. The molecule has 0 amide bonds. The molecule has 0 aliphatic heterocycles. The zero-order valence-electron chi connectivity index (χ0n) is 8.28. The third-order valence-corrected chi connectivity index (χ3v) is 1.25. The maximum Gasteiger partial charge on any atom is 0.339 e. The van der Waals surface area contributed by atoms with Gasteiger partial charge in [0, 0.05) is 11.8 Å². The van der Waals surface area contributed by atoms with Gasteiger partial charge in [0.1, 0.15) is 11.3 Å². The van der Waals surface area contributed by atoms with Crippen LogP contribution in [0.25, 0.3) is 0 Å². The third kappa shape index (κ3) is 6.62. The van der Waals surface area contributed by atoms with E-state index in [4.69, 9.17) is 20.5 Å². The second-order valence-electron chi connectivity index (χ2n) is 2.81. The maximum absolute atomic E-state index is 10.3. The maximum atomic E-state index is 10.3. The molecule has 1 aromatic carbocycles. The van der Waals surface area contributed by atoms with Gasteiger partial charge in [-0.25, -0.2) is 4.79 Å². The average molecular weight is 249 g/mol. The molecule has 0 saturated carbocycles. The van der Waals surface area contributed by atoms with E-state index in [0.29, 0.717) is 11.9 Å². The Hall–Kier alpha value is -1.80. The van der Waals surface area contributed by atoms with Gasteiger partial charge < -0.3 is 15.9 Å². The van der Waals surface area contributed by atoms with Crippen LogP contribution >= 0.6 is 0 Å². The summed E-state index contributed by atoms with van der Waals surface area (Å²) in [5.41, 5.74) is 5.48. The highest BCUT2D eigenvalue weighted by Gasteiger charge is 2.07. The van der Waals surface area contributed by atoms with Gasteiger partial charge in [-0.05, 0) is 12.1 Å². The highest BCUT2D eigenvalue weighted by molar-refractivity contribution is 7.85. The van der Waals surface area contributed by atoms with Gasteiger partial charge in [-0.3, -0.25) is 4.55 Å². The van der Waals surface area contributed by atoms with Crippen LogP contribution in [0.4, 0.5) is 5.69 Å². The first-order valence-corrected chi connectivity index (χ1v) is 5.70. The molecule has 0 aliphatic carbocycles. The highest BCUT2D eigenvalue weighted by Crippen LogP contribution is 2.19. The van der Waals surface area contributed by atoms with Crippen molar-refractivity contribution in [2.45, 2.75) is 0 Å². The van der Waals surface area contributed by atoms with E-state index in [1.807, 2.05) is 0 Å². The quantitative estimate of drug-likeness (QED) is 0.411. The SMILES string of the molecule is CS(=O)(=O)O.Nc1ccc(C(=O)O)c(O)c1. The molecular formula is C8H11NO6S. The van der Waals surface area contributed by atoms with E-state index in [0.717, 1.165) is 0 Å². The molecule has 5 N–H and O–H groups in total. The molecule has 0 atom stereocenters. The predicted molar refractivity (Wildman–Crippen MR) is 57.0 cm³/mol. The van der Waals surface area contributed by atoms with Crippen LogP contribution in [-0.2, 0) is 10.1 Å². The minimum Gasteiger partial charge on any atom is -0.507 e. The molecule has 0 aliphatic rings. The molecule has 0 spiro atoms. The lowest BCUT2D eigenvalue weighted by atomic mass is 10.2. The van der Waals surface area contributed by atoms with Crippen molar-refractivity contribution >= 4 is 21.8 Å². The minimum atomic E-state index is -3.67. The summed E-state index contributed by atoms with van der Waals surface area (Å²) in [6.07, 6.45) is 0.715. The fraction of sp³-hybridized carbons (Fsp3) is 0.125. The summed E-state index contributed by atoms with van der Waals surface area (Å²) in [7, 11) is -3.67. The zero-order chi connectivity index (χ0) is 12.9. The lowest BCUT2D eigenvalue weighted by Gasteiger charge is -1.98. The molecule has 1 aromatic rings. The summed E-state index contributed by atoms with van der Waals surface area (Å²) in [5, 5.41) is 17.5. The van der Waals surface area contributed by atoms with Crippen LogP contribution in [-0.4, -0.2) is 35.4 Å². The average Bonchev–Trinajstić information content (AvgIpc) is 1.99. The number of carboxylic acids is 1. The summed E-state index contributed by atoms with van der Waals surface area (Å²) in [5.74, 6) is -1.47. The summed E-state index contributed by atoms with van der Waals surface area (Å²) in [6.45, 7) is 0. The van der Waals surface area contributed by atoms with E-state index in [-0.39, 0.29) is 11.3 Å². The predicted octanol–water partition coefficient (Wildman–Crippen LogP) is 0.177. The minimum absolute atomic E-state index is 0.140. The number of hydrogen-bond donors (Lipinski definition) is 4. The van der Waals surface area contributed by atoms with E-state index in [1.165, 1.54) is 18.2 Å². The van der Waals surface area contributed by atoms with Crippen molar-refractivity contribution < 1.29 is 28.0 Å². The molecule has 1 rings (SSSR count). The van der Waals surface area contributed by atoms with Crippen molar-refractivity contribution in [1.29, 1.82) is 0 Å². The normalized spacial score (nSPS) is 10.1. The lowest BCUT2D eigenvalue weighted by Crippen LogP contribution is -1.97. The van der Waals surface area contributed by atoms with Crippen molar-refractivity contribution in [3.05, 3.63) is 23.8 Å². The Balaban J connectivity index is 0.000000385. The molecule has 0 bridgehead atoms. The first-order valence-electron chi connectivity index (χ1n) is 3.85. The molecule has 7 nitrogen and oxygen atoms in total. The molecule has 8 heteroatoms. The Morgan fingerprint density at radius 3 is 2.12 bits per heavy atom. The van der Waals surface area contributed by atoms with E-state index in [9.17, 15) is 13.2 Å². The van der Waals surface area contributed by atoms with Crippen LogP contribution in [0.15, 0.2) is 18.2 Å². The van der Waals surface area contributed by atoms with Gasteiger partial charge in [0.05, 0.1) is 6.26 Å². The Kier molecular flexibility index (Phi) is 4.73. The number of aromatic carboxylic acids is 1. The number of phenols is 1. The van der Waals surface area contributed by atoms with Gasteiger partial charge in [0.2, 0.25) is 0 Å². The van der Waals surface area contributed by atoms with Crippen LogP contribution in [0.2, 0.25) is 0 Å². The van der Waals surface area contributed by atoms with Crippen LogP contribution in [0, 0.1) is 0 Å². The number of carbonyl (C=O) groups is 1. The van der Waals surface area contributed by atoms with Gasteiger partial charge in [-0.1, -0.05) is 0 Å². The molecule has 0 aromatic heterocycles. The first kappa shape index (κ1) is 14.2. The fourth-order valence-corrected chi connectivity index (χ4v) is 0.730. The molecule has 0 saturated heterocycles. The van der Waals surface area contributed by atoms with E-state index < -0.39 is 16.1 Å². The number of hydrogen-bond acceptors (Lipinski definition) is 5. The number of aromatic hydroxyl groups is 1. The zero-order valence-corrected chi connectivity index (χ0v) is 9.10. The van der Waals surface area contributed by atoms with Crippen molar-refractivity contribution in [2.75, 3.05) is 12.0 Å². The van der Waals surface area contributed by atoms with Crippen LogP contribution in [0.3, 0.4) is 0 Å². The lowest BCUT2D eigenvalue weighted by molar-refractivity contribution is 0.0694. The number of benzene rings is 1. The Morgan fingerprint density at radius 2 is 1.81 bits per heavy atom. The van der Waals surface area contributed by atoms with Gasteiger partial charge in [0.15, 0.2) is 0 Å². The second kappa shape index (κ2) is 5.33. The summed E-state index contributed by atoms with van der Waals surface area (Å²) in [6, 6.07) is 3.87. The third-order valence-electron chi connectivity index (χ3n) is 1.25. The standard InChI is InChI=1S/C7H7NO3.CH4O3S/c8-4-1-2-5(7(10)11)6(9)3-4;1-5(2,3)4/h1-3,9H,8H2,(H,10,11);1H3,(H,2,3,4). The van der Waals surface area contributed by atoms with Crippen molar-refractivity contribution in [1.82, 2.24) is 0 Å². The van der Waals surface area contributed by atoms with Crippen molar-refractivity contribution in [3.8, 4) is 5.75 Å². The summed E-state index contributed by atoms with van der Waals surface area (Å²) in [4.78, 5) is 10.3. The van der Waals surface area contributed by atoms with E-state index in [2.05, 4.69) is 0 Å². The van der Waals surface area contributed by atoms with Crippen LogP contribution in [0.1, 0.15) is 10.4 Å². The van der Waals surface area contributed by atoms with E-state index >= 15 is 0 Å². The van der Waals surface area contributed by atoms with Crippen molar-refractivity contribution in [2.24, 2.45) is 0 Å². The Morgan fingerprint density at radius 1 is 1.38 bits per heavy atom. The number of anilines is 1. The van der Waals surface area contributed by atoms with Gasteiger partial charge in [-0.2, -0.15) is 8.42 Å². The van der Waals surface area contributed by atoms with Crippen LogP contribution in [0.5, 0.6) is 5.75 Å². The Bertz CT molecular complexity index is 473. The monoisotopic (exact) mass is 249 g/mol. The first-order chi connectivity index (χ1) is 7.11. The van der Waals surface area contributed by atoms with E-state index in [1.54, 1.807) is 0 Å². The number of carboxylic acid groups (broad SMARTS) is 1. The molecule has 0 heterocycles. The summed E-state index contributed by atoms with van der Waals surface area (Å²) >= 11 is 0. The number of nitrogen functional groups attached to an aromatic ring is 1. The summed E-state index contributed by atoms with van der Waals surface area (Å²) < 4.78 is 25.9. The number of nitrogens with two attached hydrogens (primary N) is 1. The number of rotatable bonds is 1. The van der Waals surface area contributed by atoms with Crippen LogP contribution < -0.4 is 5.73 Å². The molecular weight excluding hydrogens is 238 g/mol. The Labute approximate surface area is 91.9 Å². The fourth-order valence-electron chi connectivity index (χ4n) is 0.730. The molecule has 0 radical (unpaired) electrons. The smallest absolute Gasteiger partial charge is 0.339 e. The van der Waals surface area contributed by atoms with Gasteiger partial charge in [-0.15, -0.1) is 0 Å². The van der Waals surface area contributed by atoms with Crippen molar-refractivity contribution in [3.63, 3.8) is 0 Å².